The lowest BCUT2D eigenvalue weighted by atomic mass is 10.2. The average Bonchev–Trinajstić information content (AvgIpc) is 2.51. The molecule has 0 atom stereocenters. The van der Waals surface area contributed by atoms with E-state index in [-0.39, 0.29) is 5.97 Å². The van der Waals surface area contributed by atoms with Crippen LogP contribution in [0.25, 0.3) is 0 Å². The molecule has 0 fully saturated rings. The number of rotatable bonds is 9. The molecule has 0 saturated carbocycles. The van der Waals surface area contributed by atoms with Gasteiger partial charge < -0.3 is 14.3 Å². The van der Waals surface area contributed by atoms with Crippen LogP contribution in [0, 0.1) is 0 Å². The van der Waals surface area contributed by atoms with Crippen LogP contribution in [0.5, 0.6) is 11.5 Å². The van der Waals surface area contributed by atoms with Crippen LogP contribution < -0.4 is 9.47 Å². The van der Waals surface area contributed by atoms with Crippen molar-refractivity contribution in [2.75, 3.05) is 14.2 Å². The first-order chi connectivity index (χ1) is 10.2. The number of hydrogen-bond acceptors (Lipinski definition) is 5. The standard InChI is InChI=1S/C16H23NO4/c1-4-5-6-7-8-16(18)21-17-12-13-9-10-14(19-2)11-15(13)20-3/h9-12H,4-8H2,1-3H3/b17-12-. The first kappa shape index (κ1) is 17.0. The zero-order valence-corrected chi connectivity index (χ0v) is 12.9. The lowest BCUT2D eigenvalue weighted by Gasteiger charge is -2.06. The molecule has 1 aromatic carbocycles. The van der Waals surface area contributed by atoms with Crippen molar-refractivity contribution in [3.63, 3.8) is 0 Å². The van der Waals surface area contributed by atoms with E-state index in [0.717, 1.165) is 31.2 Å². The van der Waals surface area contributed by atoms with Gasteiger partial charge in [0.05, 0.1) is 20.4 Å². The minimum atomic E-state index is -0.310. The minimum Gasteiger partial charge on any atom is -0.497 e. The quantitative estimate of drug-likeness (QED) is 0.302. The summed E-state index contributed by atoms with van der Waals surface area (Å²) in [5.41, 5.74) is 0.720. The molecule has 0 N–H and O–H groups in total. The number of carbonyl (C=O) groups is 1. The summed E-state index contributed by atoms with van der Waals surface area (Å²) in [6, 6.07) is 5.32. The Kier molecular flexibility index (Phi) is 7.94. The van der Waals surface area contributed by atoms with Crippen LogP contribution in [0.3, 0.4) is 0 Å². The molecule has 0 aliphatic rings. The van der Waals surface area contributed by atoms with E-state index in [1.54, 1.807) is 32.4 Å². The SMILES string of the molecule is CCCCCCC(=O)O/N=C\c1ccc(OC)cc1OC. The first-order valence-corrected chi connectivity index (χ1v) is 7.16. The van der Waals surface area contributed by atoms with E-state index in [0.29, 0.717) is 17.9 Å². The van der Waals surface area contributed by atoms with Crippen molar-refractivity contribution in [3.05, 3.63) is 23.8 Å². The Bertz CT molecular complexity index is 471. The molecule has 5 heteroatoms. The maximum Gasteiger partial charge on any atom is 0.335 e. The van der Waals surface area contributed by atoms with Gasteiger partial charge in [-0.05, 0) is 18.6 Å². The Labute approximate surface area is 125 Å². The second-order valence-electron chi connectivity index (χ2n) is 4.62. The summed E-state index contributed by atoms with van der Waals surface area (Å²) in [4.78, 5) is 16.3. The Morgan fingerprint density at radius 3 is 2.67 bits per heavy atom. The number of methoxy groups -OCH3 is 2. The highest BCUT2D eigenvalue weighted by Crippen LogP contribution is 2.23. The number of nitrogens with zero attached hydrogens (tertiary/aromatic N) is 1. The van der Waals surface area contributed by atoms with Gasteiger partial charge in [0, 0.05) is 18.1 Å². The molecule has 0 saturated heterocycles. The largest absolute Gasteiger partial charge is 0.497 e. The van der Waals surface area contributed by atoms with Gasteiger partial charge in [0.25, 0.3) is 0 Å². The molecule has 21 heavy (non-hydrogen) atoms. The van der Waals surface area contributed by atoms with Crippen LogP contribution >= 0.6 is 0 Å². The molecule has 0 aliphatic carbocycles. The molecule has 0 radical (unpaired) electrons. The summed E-state index contributed by atoms with van der Waals surface area (Å²) < 4.78 is 10.3. The average molecular weight is 293 g/mol. The topological polar surface area (TPSA) is 57.1 Å². The van der Waals surface area contributed by atoms with Gasteiger partial charge in [0.15, 0.2) is 0 Å². The van der Waals surface area contributed by atoms with Gasteiger partial charge in [-0.1, -0.05) is 31.3 Å². The smallest absolute Gasteiger partial charge is 0.335 e. The van der Waals surface area contributed by atoms with E-state index in [1.807, 2.05) is 0 Å². The van der Waals surface area contributed by atoms with Crippen molar-refractivity contribution >= 4 is 12.2 Å². The second-order valence-corrected chi connectivity index (χ2v) is 4.62. The van der Waals surface area contributed by atoms with E-state index in [1.165, 1.54) is 6.21 Å². The van der Waals surface area contributed by atoms with Crippen molar-refractivity contribution in [1.82, 2.24) is 0 Å². The molecule has 0 amide bonds. The van der Waals surface area contributed by atoms with Crippen LogP contribution in [0.15, 0.2) is 23.4 Å². The molecule has 1 rings (SSSR count). The molecule has 116 valence electrons. The van der Waals surface area contributed by atoms with Crippen molar-refractivity contribution in [2.45, 2.75) is 39.0 Å². The van der Waals surface area contributed by atoms with Gasteiger partial charge in [-0.15, -0.1) is 0 Å². The van der Waals surface area contributed by atoms with Crippen LogP contribution in [-0.4, -0.2) is 26.4 Å². The molecule has 0 aliphatic heterocycles. The van der Waals surface area contributed by atoms with Crippen molar-refractivity contribution in [2.24, 2.45) is 5.16 Å². The van der Waals surface area contributed by atoms with Crippen molar-refractivity contribution < 1.29 is 19.1 Å². The molecule has 0 bridgehead atoms. The summed E-state index contributed by atoms with van der Waals surface area (Å²) in [7, 11) is 3.15. The van der Waals surface area contributed by atoms with E-state index < -0.39 is 0 Å². The highest BCUT2D eigenvalue weighted by atomic mass is 16.7. The Hall–Kier alpha value is -2.04. The maximum atomic E-state index is 11.5. The maximum absolute atomic E-state index is 11.5. The normalized spacial score (nSPS) is 10.6. The molecule has 0 unspecified atom stereocenters. The Morgan fingerprint density at radius 1 is 1.19 bits per heavy atom. The zero-order chi connectivity index (χ0) is 15.5. The molecule has 0 spiro atoms. The third-order valence-corrected chi connectivity index (χ3v) is 3.02. The Morgan fingerprint density at radius 2 is 2.00 bits per heavy atom. The lowest BCUT2D eigenvalue weighted by Crippen LogP contribution is -2.00. The van der Waals surface area contributed by atoms with Gasteiger partial charge >= 0.3 is 5.97 Å². The fraction of sp³-hybridized carbons (Fsp3) is 0.500. The number of carbonyl (C=O) groups excluding carboxylic acids is 1. The number of oxime groups is 1. The van der Waals surface area contributed by atoms with Gasteiger partial charge in [0.2, 0.25) is 0 Å². The summed E-state index contributed by atoms with van der Waals surface area (Å²) in [6.45, 7) is 2.13. The molecule has 1 aromatic rings. The zero-order valence-electron chi connectivity index (χ0n) is 12.9. The third kappa shape index (κ3) is 6.29. The van der Waals surface area contributed by atoms with Gasteiger partial charge in [-0.25, -0.2) is 4.79 Å². The summed E-state index contributed by atoms with van der Waals surface area (Å²) in [5, 5.41) is 3.71. The number of unbranched alkanes of at least 4 members (excludes halogenated alkanes) is 3. The predicted molar refractivity (Wildman–Crippen MR) is 82.0 cm³/mol. The summed E-state index contributed by atoms with van der Waals surface area (Å²) in [5.74, 6) is 0.990. The number of benzene rings is 1. The van der Waals surface area contributed by atoms with Crippen molar-refractivity contribution in [3.8, 4) is 11.5 Å². The van der Waals surface area contributed by atoms with Gasteiger partial charge in [0.1, 0.15) is 11.5 Å². The molecule has 5 nitrogen and oxygen atoms in total. The summed E-state index contributed by atoms with van der Waals surface area (Å²) >= 11 is 0. The fourth-order valence-electron chi connectivity index (χ4n) is 1.81. The summed E-state index contributed by atoms with van der Waals surface area (Å²) in [6.07, 6.45) is 6.03. The third-order valence-electron chi connectivity index (χ3n) is 3.02. The van der Waals surface area contributed by atoms with Crippen LogP contribution in [-0.2, 0) is 9.63 Å². The molecule has 0 aromatic heterocycles. The molecule has 0 heterocycles. The monoisotopic (exact) mass is 293 g/mol. The lowest BCUT2D eigenvalue weighted by molar-refractivity contribution is -0.143. The fourth-order valence-corrected chi connectivity index (χ4v) is 1.81. The van der Waals surface area contributed by atoms with E-state index in [2.05, 4.69) is 12.1 Å². The number of ether oxygens (including phenoxy) is 2. The van der Waals surface area contributed by atoms with E-state index >= 15 is 0 Å². The molecular formula is C16H23NO4. The van der Waals surface area contributed by atoms with Crippen molar-refractivity contribution in [1.29, 1.82) is 0 Å². The van der Waals surface area contributed by atoms with Crippen LogP contribution in [0.4, 0.5) is 0 Å². The van der Waals surface area contributed by atoms with Gasteiger partial charge in [-0.2, -0.15) is 0 Å². The minimum absolute atomic E-state index is 0.310. The highest BCUT2D eigenvalue weighted by molar-refractivity contribution is 5.84. The van der Waals surface area contributed by atoms with Gasteiger partial charge in [-0.3, -0.25) is 0 Å². The highest BCUT2D eigenvalue weighted by Gasteiger charge is 2.04. The van der Waals surface area contributed by atoms with Crippen LogP contribution in [0.2, 0.25) is 0 Å². The second kappa shape index (κ2) is 9.80. The number of hydrogen-bond donors (Lipinski definition) is 0. The first-order valence-electron chi connectivity index (χ1n) is 7.16. The molecular weight excluding hydrogens is 270 g/mol. The Balaban J connectivity index is 2.47. The van der Waals surface area contributed by atoms with Crippen LogP contribution in [0.1, 0.15) is 44.6 Å². The predicted octanol–water partition coefficient (Wildman–Crippen LogP) is 3.55. The van der Waals surface area contributed by atoms with E-state index in [9.17, 15) is 4.79 Å². The van der Waals surface area contributed by atoms with E-state index in [4.69, 9.17) is 14.3 Å².